The molecule has 0 unspecified atom stereocenters. The molecular weight excluding hydrogens is 260 g/mol. The van der Waals surface area contributed by atoms with E-state index in [9.17, 15) is 4.79 Å². The van der Waals surface area contributed by atoms with E-state index in [1.807, 2.05) is 68.5 Å². The third-order valence-corrected chi connectivity index (χ3v) is 3.44. The van der Waals surface area contributed by atoms with Crippen LogP contribution in [0.2, 0.25) is 0 Å². The number of benzene rings is 2. The molecule has 0 spiro atoms. The van der Waals surface area contributed by atoms with Crippen LogP contribution < -0.4 is 0 Å². The largest absolute Gasteiger partial charge is 0.269 e. The molecule has 104 valence electrons. The summed E-state index contributed by atoms with van der Waals surface area (Å²) in [5, 5.41) is 0. The van der Waals surface area contributed by atoms with Gasteiger partial charge in [0.15, 0.2) is 0 Å². The van der Waals surface area contributed by atoms with Gasteiger partial charge in [-0.1, -0.05) is 42.0 Å². The number of carbonyl (C=O) groups excluding carboxylic acids is 1. The molecule has 0 aliphatic carbocycles. The number of para-hydroxylation sites is 2. The van der Waals surface area contributed by atoms with Crippen LogP contribution in [0.1, 0.15) is 21.7 Å². The predicted molar refractivity (Wildman–Crippen MR) is 85.3 cm³/mol. The number of hydrogen-bond acceptors (Lipinski definition) is 2. The Morgan fingerprint density at radius 3 is 2.52 bits per heavy atom. The molecule has 0 radical (unpaired) electrons. The van der Waals surface area contributed by atoms with Crippen molar-refractivity contribution < 1.29 is 4.79 Å². The number of fused-ring (bicyclic) bond motifs is 1. The Morgan fingerprint density at radius 1 is 1.05 bits per heavy atom. The van der Waals surface area contributed by atoms with Crippen molar-refractivity contribution in [3.8, 4) is 0 Å². The summed E-state index contributed by atoms with van der Waals surface area (Å²) in [6.07, 6.45) is 3.42. The van der Waals surface area contributed by atoms with Gasteiger partial charge in [-0.05, 0) is 37.6 Å². The van der Waals surface area contributed by atoms with E-state index in [1.54, 1.807) is 10.6 Å². The van der Waals surface area contributed by atoms with Gasteiger partial charge in [-0.3, -0.25) is 9.36 Å². The molecule has 3 aromatic rings. The number of imidazole rings is 1. The molecule has 3 heteroatoms. The first-order chi connectivity index (χ1) is 10.1. The Labute approximate surface area is 123 Å². The van der Waals surface area contributed by atoms with Crippen molar-refractivity contribution in [2.75, 3.05) is 0 Å². The first-order valence-electron chi connectivity index (χ1n) is 6.88. The predicted octanol–water partition coefficient (Wildman–Crippen LogP) is 4.01. The van der Waals surface area contributed by atoms with E-state index in [4.69, 9.17) is 0 Å². The third kappa shape index (κ3) is 2.63. The highest BCUT2D eigenvalue weighted by molar-refractivity contribution is 5.99. The molecular formula is C18H16N2O. The highest BCUT2D eigenvalue weighted by Crippen LogP contribution is 2.15. The fourth-order valence-electron chi connectivity index (χ4n) is 2.34. The molecule has 0 aliphatic rings. The standard InChI is InChI=1S/C18H16N2O/c1-13-7-9-15(10-8-13)11-12-18(21)20-14(2)19-16-5-3-4-6-17(16)20/h3-12H,1-2H3/b12-11+. The Kier molecular flexibility index (Phi) is 3.40. The molecule has 3 rings (SSSR count). The number of nitrogens with zero attached hydrogens (tertiary/aromatic N) is 2. The van der Waals surface area contributed by atoms with Gasteiger partial charge in [0.05, 0.1) is 11.0 Å². The third-order valence-electron chi connectivity index (χ3n) is 3.44. The van der Waals surface area contributed by atoms with Crippen LogP contribution in [0.3, 0.4) is 0 Å². The first kappa shape index (κ1) is 13.3. The van der Waals surface area contributed by atoms with Gasteiger partial charge in [-0.15, -0.1) is 0 Å². The summed E-state index contributed by atoms with van der Waals surface area (Å²) >= 11 is 0. The SMILES string of the molecule is Cc1ccc(/C=C/C(=O)n2c(C)nc3ccccc32)cc1. The van der Waals surface area contributed by atoms with E-state index in [1.165, 1.54) is 5.56 Å². The molecule has 0 atom stereocenters. The van der Waals surface area contributed by atoms with E-state index in [0.29, 0.717) is 5.82 Å². The second-order valence-corrected chi connectivity index (χ2v) is 5.07. The molecule has 2 aromatic carbocycles. The van der Waals surface area contributed by atoms with E-state index in [2.05, 4.69) is 4.98 Å². The number of carbonyl (C=O) groups is 1. The molecule has 1 heterocycles. The smallest absolute Gasteiger partial charge is 0.256 e. The lowest BCUT2D eigenvalue weighted by atomic mass is 10.1. The van der Waals surface area contributed by atoms with Crippen LogP contribution in [0.25, 0.3) is 17.1 Å². The van der Waals surface area contributed by atoms with Crippen LogP contribution in [0.4, 0.5) is 0 Å². The zero-order valence-electron chi connectivity index (χ0n) is 12.1. The second kappa shape index (κ2) is 5.37. The molecule has 1 aromatic heterocycles. The van der Waals surface area contributed by atoms with Gasteiger partial charge in [0, 0.05) is 6.08 Å². The summed E-state index contributed by atoms with van der Waals surface area (Å²) in [5.74, 6) is 0.622. The Bertz CT molecular complexity index is 826. The molecule has 21 heavy (non-hydrogen) atoms. The van der Waals surface area contributed by atoms with E-state index < -0.39 is 0 Å². The van der Waals surface area contributed by atoms with Gasteiger partial charge in [-0.25, -0.2) is 4.98 Å². The topological polar surface area (TPSA) is 34.9 Å². The maximum atomic E-state index is 12.4. The van der Waals surface area contributed by atoms with Crippen molar-refractivity contribution >= 4 is 23.0 Å². The average molecular weight is 276 g/mol. The fourth-order valence-corrected chi connectivity index (χ4v) is 2.34. The van der Waals surface area contributed by atoms with Crippen LogP contribution in [-0.2, 0) is 0 Å². The zero-order valence-corrected chi connectivity index (χ0v) is 12.1. The van der Waals surface area contributed by atoms with E-state index >= 15 is 0 Å². The highest BCUT2D eigenvalue weighted by atomic mass is 16.2. The minimum Gasteiger partial charge on any atom is -0.269 e. The van der Waals surface area contributed by atoms with Crippen LogP contribution in [-0.4, -0.2) is 15.5 Å². The summed E-state index contributed by atoms with van der Waals surface area (Å²) in [5.41, 5.74) is 3.89. The molecule has 0 saturated heterocycles. The summed E-state index contributed by atoms with van der Waals surface area (Å²) in [7, 11) is 0. The van der Waals surface area contributed by atoms with Crippen LogP contribution in [0, 0.1) is 13.8 Å². The number of aryl methyl sites for hydroxylation is 2. The van der Waals surface area contributed by atoms with E-state index in [0.717, 1.165) is 16.6 Å². The number of allylic oxidation sites excluding steroid dienone is 1. The van der Waals surface area contributed by atoms with Crippen molar-refractivity contribution in [2.45, 2.75) is 13.8 Å². The number of hydrogen-bond donors (Lipinski definition) is 0. The minimum absolute atomic E-state index is 0.0817. The highest BCUT2D eigenvalue weighted by Gasteiger charge is 2.10. The van der Waals surface area contributed by atoms with Crippen LogP contribution in [0.5, 0.6) is 0 Å². The monoisotopic (exact) mass is 276 g/mol. The van der Waals surface area contributed by atoms with Crippen molar-refractivity contribution in [2.24, 2.45) is 0 Å². The Hall–Kier alpha value is -2.68. The summed E-state index contributed by atoms with van der Waals surface area (Å²) in [6.45, 7) is 3.89. The van der Waals surface area contributed by atoms with Crippen LogP contribution in [0.15, 0.2) is 54.6 Å². The summed E-state index contributed by atoms with van der Waals surface area (Å²) < 4.78 is 1.64. The quantitative estimate of drug-likeness (QED) is 0.663. The Morgan fingerprint density at radius 2 is 1.76 bits per heavy atom. The molecule has 0 saturated carbocycles. The number of rotatable bonds is 2. The first-order valence-corrected chi connectivity index (χ1v) is 6.88. The summed E-state index contributed by atoms with van der Waals surface area (Å²) in [4.78, 5) is 16.8. The van der Waals surface area contributed by atoms with Gasteiger partial charge in [-0.2, -0.15) is 0 Å². The molecule has 0 fully saturated rings. The maximum Gasteiger partial charge on any atom is 0.256 e. The minimum atomic E-state index is -0.0817. The van der Waals surface area contributed by atoms with Crippen molar-refractivity contribution in [1.29, 1.82) is 0 Å². The molecule has 0 bridgehead atoms. The molecule has 3 nitrogen and oxygen atoms in total. The second-order valence-electron chi connectivity index (χ2n) is 5.07. The van der Waals surface area contributed by atoms with Gasteiger partial charge >= 0.3 is 0 Å². The normalized spacial score (nSPS) is 11.3. The lowest BCUT2D eigenvalue weighted by Gasteiger charge is -2.01. The lowest BCUT2D eigenvalue weighted by molar-refractivity contribution is 0.0972. The van der Waals surface area contributed by atoms with E-state index in [-0.39, 0.29) is 5.91 Å². The van der Waals surface area contributed by atoms with Gasteiger partial charge < -0.3 is 0 Å². The average Bonchev–Trinajstić information content (AvgIpc) is 2.82. The van der Waals surface area contributed by atoms with Gasteiger partial charge in [0.1, 0.15) is 5.82 Å². The Balaban J connectivity index is 1.94. The van der Waals surface area contributed by atoms with Crippen molar-refractivity contribution in [3.63, 3.8) is 0 Å². The van der Waals surface area contributed by atoms with Crippen molar-refractivity contribution in [3.05, 3.63) is 71.6 Å². The molecule has 0 amide bonds. The maximum absolute atomic E-state index is 12.4. The summed E-state index contributed by atoms with van der Waals surface area (Å²) in [6, 6.07) is 15.7. The van der Waals surface area contributed by atoms with Gasteiger partial charge in [0.2, 0.25) is 0 Å². The molecule has 0 N–H and O–H groups in total. The fraction of sp³-hybridized carbons (Fsp3) is 0.111. The molecule has 0 aliphatic heterocycles. The zero-order chi connectivity index (χ0) is 14.8. The van der Waals surface area contributed by atoms with Crippen molar-refractivity contribution in [1.82, 2.24) is 9.55 Å². The van der Waals surface area contributed by atoms with Gasteiger partial charge in [0.25, 0.3) is 5.91 Å². The van der Waals surface area contributed by atoms with Crippen LogP contribution >= 0.6 is 0 Å². The lowest BCUT2D eigenvalue weighted by Crippen LogP contribution is -2.08. The number of aromatic nitrogens is 2.